The summed E-state index contributed by atoms with van der Waals surface area (Å²) in [5, 5.41) is 13.7. The zero-order valence-electron chi connectivity index (χ0n) is 5.67. The second-order valence-corrected chi connectivity index (χ2v) is 2.54. The van der Waals surface area contributed by atoms with Gasteiger partial charge >= 0.3 is 0 Å². The first-order chi connectivity index (χ1) is 4.97. The van der Waals surface area contributed by atoms with Crippen molar-refractivity contribution < 1.29 is 0 Å². The maximum absolute atomic E-state index is 4.00. The molecule has 1 saturated heterocycles. The summed E-state index contributed by atoms with van der Waals surface area (Å²) in [6.07, 6.45) is 4.22. The highest BCUT2D eigenvalue weighted by atomic mass is 15.3. The Kier molecular flexibility index (Phi) is 1.39. The van der Waals surface area contributed by atoms with Crippen LogP contribution < -0.4 is 5.32 Å². The van der Waals surface area contributed by atoms with Gasteiger partial charge in [0.2, 0.25) is 0 Å². The van der Waals surface area contributed by atoms with Crippen molar-refractivity contribution in [2.45, 2.75) is 18.9 Å². The van der Waals surface area contributed by atoms with Gasteiger partial charge in [0.25, 0.3) is 0 Å². The third-order valence-corrected chi connectivity index (χ3v) is 1.85. The summed E-state index contributed by atoms with van der Waals surface area (Å²) in [4.78, 5) is 0. The molecule has 0 bridgehead atoms. The van der Waals surface area contributed by atoms with Crippen molar-refractivity contribution in [3.05, 3.63) is 11.9 Å². The number of rotatable bonds is 1. The van der Waals surface area contributed by atoms with E-state index in [9.17, 15) is 0 Å². The molecule has 0 saturated carbocycles. The largest absolute Gasteiger partial charge is 0.309 e. The Labute approximate surface area is 59.0 Å². The van der Waals surface area contributed by atoms with Crippen LogP contribution in [0.1, 0.15) is 24.6 Å². The van der Waals surface area contributed by atoms with Crippen LogP contribution >= 0.6 is 0 Å². The highest BCUT2D eigenvalue weighted by Gasteiger charge is 2.17. The predicted molar refractivity (Wildman–Crippen MR) is 36.4 cm³/mol. The fraction of sp³-hybridized carbons (Fsp3) is 0.667. The molecule has 2 heterocycles. The van der Waals surface area contributed by atoms with E-state index < -0.39 is 0 Å². The molecule has 10 heavy (non-hydrogen) atoms. The highest BCUT2D eigenvalue weighted by Crippen LogP contribution is 2.19. The first kappa shape index (κ1) is 5.85. The van der Waals surface area contributed by atoms with Crippen LogP contribution in [0.4, 0.5) is 0 Å². The molecule has 0 unspecified atom stereocenters. The van der Waals surface area contributed by atoms with Crippen molar-refractivity contribution in [3.63, 3.8) is 0 Å². The molecule has 4 heteroatoms. The van der Waals surface area contributed by atoms with E-state index in [4.69, 9.17) is 0 Å². The number of aromatic nitrogens is 3. The van der Waals surface area contributed by atoms with Gasteiger partial charge in [-0.2, -0.15) is 15.4 Å². The van der Waals surface area contributed by atoms with E-state index in [1.165, 1.54) is 12.8 Å². The summed E-state index contributed by atoms with van der Waals surface area (Å²) in [5.41, 5.74) is 1.04. The molecule has 0 spiro atoms. The lowest BCUT2D eigenvalue weighted by Crippen LogP contribution is -2.12. The summed E-state index contributed by atoms with van der Waals surface area (Å²) in [5.74, 6) is 0. The number of H-pyrrole nitrogens is 1. The molecule has 1 atom stereocenters. The third-order valence-electron chi connectivity index (χ3n) is 1.85. The summed E-state index contributed by atoms with van der Waals surface area (Å²) in [6, 6.07) is 0.443. The Morgan fingerprint density at radius 3 is 3.20 bits per heavy atom. The van der Waals surface area contributed by atoms with Crippen LogP contribution in [0.5, 0.6) is 0 Å². The number of hydrogen-bond acceptors (Lipinski definition) is 3. The maximum Gasteiger partial charge on any atom is 0.0993 e. The Hall–Kier alpha value is -0.900. The van der Waals surface area contributed by atoms with Crippen molar-refractivity contribution in [1.82, 2.24) is 20.7 Å². The number of hydrogen-bond donors (Lipinski definition) is 2. The number of nitrogens with zero attached hydrogens (tertiary/aromatic N) is 2. The topological polar surface area (TPSA) is 53.6 Å². The van der Waals surface area contributed by atoms with Gasteiger partial charge in [-0.15, -0.1) is 0 Å². The second-order valence-electron chi connectivity index (χ2n) is 2.54. The molecule has 1 fully saturated rings. The van der Waals surface area contributed by atoms with Gasteiger partial charge in [-0.1, -0.05) is 0 Å². The molecule has 2 N–H and O–H groups in total. The lowest BCUT2D eigenvalue weighted by molar-refractivity contribution is 0.625. The van der Waals surface area contributed by atoms with Crippen LogP contribution in [-0.4, -0.2) is 22.0 Å². The SMILES string of the molecule is c1n[nH]nc1[C@@H]1CCCN1. The smallest absolute Gasteiger partial charge is 0.0993 e. The first-order valence-electron chi connectivity index (χ1n) is 3.56. The Bertz CT molecular complexity index is 188. The van der Waals surface area contributed by atoms with Gasteiger partial charge in [0, 0.05) is 0 Å². The van der Waals surface area contributed by atoms with Gasteiger partial charge in [0.1, 0.15) is 0 Å². The van der Waals surface area contributed by atoms with Crippen LogP contribution in [0, 0.1) is 0 Å². The van der Waals surface area contributed by atoms with Crippen LogP contribution in [0.2, 0.25) is 0 Å². The highest BCUT2D eigenvalue weighted by molar-refractivity contribution is 5.01. The standard InChI is InChI=1S/C6H10N4/c1-2-5(7-3-1)6-4-8-10-9-6/h4-5,7H,1-3H2,(H,8,9,10)/t5-/m0/s1. The molecule has 0 amide bonds. The van der Waals surface area contributed by atoms with Crippen molar-refractivity contribution in [2.24, 2.45) is 0 Å². The lowest BCUT2D eigenvalue weighted by atomic mass is 10.2. The second kappa shape index (κ2) is 2.38. The minimum Gasteiger partial charge on any atom is -0.309 e. The quantitative estimate of drug-likeness (QED) is 0.584. The Balaban J connectivity index is 2.12. The summed E-state index contributed by atoms with van der Waals surface area (Å²) in [6.45, 7) is 1.11. The van der Waals surface area contributed by atoms with Crippen molar-refractivity contribution in [2.75, 3.05) is 6.54 Å². The zero-order valence-corrected chi connectivity index (χ0v) is 5.67. The minimum absolute atomic E-state index is 0.443. The summed E-state index contributed by atoms with van der Waals surface area (Å²) < 4.78 is 0. The van der Waals surface area contributed by atoms with Crippen LogP contribution in [-0.2, 0) is 0 Å². The molecule has 1 aromatic rings. The molecule has 54 valence electrons. The van der Waals surface area contributed by atoms with Gasteiger partial charge in [0.15, 0.2) is 0 Å². The Morgan fingerprint density at radius 2 is 2.60 bits per heavy atom. The van der Waals surface area contributed by atoms with Crippen LogP contribution in [0.15, 0.2) is 6.20 Å². The van der Waals surface area contributed by atoms with E-state index in [0.717, 1.165) is 12.2 Å². The van der Waals surface area contributed by atoms with Gasteiger partial charge < -0.3 is 5.32 Å². The van der Waals surface area contributed by atoms with Crippen molar-refractivity contribution >= 4 is 0 Å². The third kappa shape index (κ3) is 0.903. The van der Waals surface area contributed by atoms with Gasteiger partial charge in [0.05, 0.1) is 17.9 Å². The predicted octanol–water partition coefficient (Wildman–Crippen LogP) is 0.229. The molecule has 0 aromatic carbocycles. The molecule has 4 nitrogen and oxygen atoms in total. The molecule has 1 aliphatic rings. The van der Waals surface area contributed by atoms with Crippen molar-refractivity contribution in [1.29, 1.82) is 0 Å². The van der Waals surface area contributed by atoms with E-state index in [1.807, 2.05) is 0 Å². The molecule has 0 aliphatic carbocycles. The van der Waals surface area contributed by atoms with E-state index >= 15 is 0 Å². The van der Waals surface area contributed by atoms with Crippen LogP contribution in [0.25, 0.3) is 0 Å². The van der Waals surface area contributed by atoms with E-state index in [2.05, 4.69) is 20.7 Å². The van der Waals surface area contributed by atoms with Crippen molar-refractivity contribution in [3.8, 4) is 0 Å². The van der Waals surface area contributed by atoms with Gasteiger partial charge in [-0.3, -0.25) is 0 Å². The number of nitrogens with one attached hydrogen (secondary N) is 2. The molecule has 1 aromatic heterocycles. The van der Waals surface area contributed by atoms with Gasteiger partial charge in [-0.25, -0.2) is 0 Å². The molecule has 1 aliphatic heterocycles. The van der Waals surface area contributed by atoms with E-state index in [1.54, 1.807) is 6.20 Å². The van der Waals surface area contributed by atoms with E-state index in [0.29, 0.717) is 6.04 Å². The summed E-state index contributed by atoms with van der Waals surface area (Å²) in [7, 11) is 0. The molecule has 2 rings (SSSR count). The maximum atomic E-state index is 4.00. The Morgan fingerprint density at radius 1 is 1.60 bits per heavy atom. The van der Waals surface area contributed by atoms with Gasteiger partial charge in [-0.05, 0) is 19.4 Å². The minimum atomic E-state index is 0.443. The molecular weight excluding hydrogens is 128 g/mol. The lowest BCUT2D eigenvalue weighted by Gasteiger charge is -2.02. The average molecular weight is 138 g/mol. The van der Waals surface area contributed by atoms with Crippen LogP contribution in [0.3, 0.4) is 0 Å². The molecule has 0 radical (unpaired) electrons. The first-order valence-corrected chi connectivity index (χ1v) is 3.56. The zero-order chi connectivity index (χ0) is 6.81. The fourth-order valence-corrected chi connectivity index (χ4v) is 1.32. The average Bonchev–Trinajstić information content (AvgIpc) is 2.59. The van der Waals surface area contributed by atoms with E-state index in [-0.39, 0.29) is 0 Å². The number of aromatic amines is 1. The summed E-state index contributed by atoms with van der Waals surface area (Å²) >= 11 is 0. The monoisotopic (exact) mass is 138 g/mol. The fourth-order valence-electron chi connectivity index (χ4n) is 1.32. The molecular formula is C6H10N4. The normalized spacial score (nSPS) is 25.4.